The normalized spacial score (nSPS) is 18.5. The number of nitro benzene ring substituents is 1. The molecule has 0 spiro atoms. The Morgan fingerprint density at radius 1 is 1.45 bits per heavy atom. The van der Waals surface area contributed by atoms with Crippen molar-refractivity contribution in [2.45, 2.75) is 30.2 Å². The number of sulfonamides is 1. The first-order valence-corrected chi connectivity index (χ1v) is 7.76. The number of nitrogens with one attached hydrogen (secondary N) is 1. The summed E-state index contributed by atoms with van der Waals surface area (Å²) in [5.74, 6) is 0.185. The lowest BCUT2D eigenvalue weighted by atomic mass is 9.98. The average Bonchev–Trinajstić information content (AvgIpc) is 3.22. The van der Waals surface area contributed by atoms with E-state index in [0.29, 0.717) is 0 Å². The highest BCUT2D eigenvalue weighted by atomic mass is 32.2. The highest BCUT2D eigenvalue weighted by Crippen LogP contribution is 2.40. The molecule has 110 valence electrons. The standard InChI is InChI=1S/C12H17N3O4S/c1-12(8-13,9-6-7-9)14-20(18,19)11-5-3-2-4-10(11)15(16)17/h2-5,9,14H,6-8,13H2,1H3. The summed E-state index contributed by atoms with van der Waals surface area (Å²) in [5.41, 5.74) is 4.47. The molecule has 1 unspecified atom stereocenters. The molecule has 0 aromatic heterocycles. The number of nitro groups is 1. The first-order valence-electron chi connectivity index (χ1n) is 6.27. The van der Waals surface area contributed by atoms with Gasteiger partial charge in [0.25, 0.3) is 5.69 Å². The maximum atomic E-state index is 12.4. The van der Waals surface area contributed by atoms with Crippen LogP contribution in [0.15, 0.2) is 29.2 Å². The third kappa shape index (κ3) is 2.82. The van der Waals surface area contributed by atoms with Crippen molar-refractivity contribution in [1.82, 2.24) is 4.72 Å². The second-order valence-electron chi connectivity index (χ2n) is 5.23. The number of rotatable bonds is 6. The van der Waals surface area contributed by atoms with Crippen LogP contribution < -0.4 is 10.5 Å². The number of nitrogens with zero attached hydrogens (tertiary/aromatic N) is 1. The summed E-state index contributed by atoms with van der Waals surface area (Å²) < 4.78 is 27.3. The van der Waals surface area contributed by atoms with Gasteiger partial charge < -0.3 is 5.73 Å². The number of para-hydroxylation sites is 1. The third-order valence-corrected chi connectivity index (χ3v) is 5.28. The van der Waals surface area contributed by atoms with Crippen LogP contribution in [0.1, 0.15) is 19.8 Å². The highest BCUT2D eigenvalue weighted by molar-refractivity contribution is 7.89. The topological polar surface area (TPSA) is 115 Å². The van der Waals surface area contributed by atoms with Crippen LogP contribution in [0.4, 0.5) is 5.69 Å². The molecule has 0 bridgehead atoms. The summed E-state index contributed by atoms with van der Waals surface area (Å²) in [5, 5.41) is 10.9. The fourth-order valence-corrected chi connectivity index (χ4v) is 3.86. The predicted octanol–water partition coefficient (Wildman–Crippen LogP) is 1.00. The lowest BCUT2D eigenvalue weighted by molar-refractivity contribution is -0.387. The largest absolute Gasteiger partial charge is 0.329 e. The quantitative estimate of drug-likeness (QED) is 0.600. The SMILES string of the molecule is CC(CN)(NS(=O)(=O)c1ccccc1[N+](=O)[O-])C1CC1. The van der Waals surface area contributed by atoms with Crippen LogP contribution in [0.2, 0.25) is 0 Å². The lowest BCUT2D eigenvalue weighted by Gasteiger charge is -2.28. The fraction of sp³-hybridized carbons (Fsp3) is 0.500. The molecule has 0 heterocycles. The van der Waals surface area contributed by atoms with E-state index in [4.69, 9.17) is 5.73 Å². The minimum Gasteiger partial charge on any atom is -0.329 e. The predicted molar refractivity (Wildman–Crippen MR) is 73.6 cm³/mol. The minimum absolute atomic E-state index is 0.150. The Balaban J connectivity index is 2.38. The molecule has 1 saturated carbocycles. The summed E-state index contributed by atoms with van der Waals surface area (Å²) in [7, 11) is -3.98. The molecular weight excluding hydrogens is 282 g/mol. The van der Waals surface area contributed by atoms with Gasteiger partial charge in [-0.25, -0.2) is 13.1 Å². The van der Waals surface area contributed by atoms with Gasteiger partial charge in [-0.3, -0.25) is 10.1 Å². The van der Waals surface area contributed by atoms with Crippen molar-refractivity contribution in [1.29, 1.82) is 0 Å². The van der Waals surface area contributed by atoms with Gasteiger partial charge in [0.15, 0.2) is 4.90 Å². The Hall–Kier alpha value is -1.51. The molecule has 20 heavy (non-hydrogen) atoms. The van der Waals surface area contributed by atoms with Crippen molar-refractivity contribution >= 4 is 15.7 Å². The molecule has 1 atom stereocenters. The number of nitrogens with two attached hydrogens (primary N) is 1. The summed E-state index contributed by atoms with van der Waals surface area (Å²) in [6.45, 7) is 1.88. The monoisotopic (exact) mass is 299 g/mol. The van der Waals surface area contributed by atoms with Crippen LogP contribution in [0, 0.1) is 16.0 Å². The number of hydrogen-bond acceptors (Lipinski definition) is 5. The molecule has 2 rings (SSSR count). The molecule has 0 saturated heterocycles. The molecule has 7 nitrogen and oxygen atoms in total. The summed E-state index contributed by atoms with van der Waals surface area (Å²) in [6.07, 6.45) is 1.82. The van der Waals surface area contributed by atoms with E-state index in [1.54, 1.807) is 6.92 Å². The number of hydrogen-bond donors (Lipinski definition) is 2. The first kappa shape index (κ1) is 14.9. The van der Waals surface area contributed by atoms with E-state index in [0.717, 1.165) is 12.8 Å². The van der Waals surface area contributed by atoms with Gasteiger partial charge >= 0.3 is 0 Å². The zero-order valence-corrected chi connectivity index (χ0v) is 11.9. The molecule has 1 aromatic carbocycles. The molecule has 0 radical (unpaired) electrons. The molecular formula is C12H17N3O4S. The molecule has 1 aliphatic rings. The van der Waals surface area contributed by atoms with E-state index in [9.17, 15) is 18.5 Å². The van der Waals surface area contributed by atoms with E-state index in [1.165, 1.54) is 24.3 Å². The highest BCUT2D eigenvalue weighted by Gasteiger charge is 2.44. The van der Waals surface area contributed by atoms with E-state index < -0.39 is 26.2 Å². The van der Waals surface area contributed by atoms with E-state index in [1.807, 2.05) is 0 Å². The van der Waals surface area contributed by atoms with Gasteiger partial charge in [-0.1, -0.05) is 12.1 Å². The van der Waals surface area contributed by atoms with Crippen LogP contribution >= 0.6 is 0 Å². The van der Waals surface area contributed by atoms with Gasteiger partial charge in [-0.2, -0.15) is 0 Å². The molecule has 8 heteroatoms. The first-order chi connectivity index (χ1) is 9.30. The Bertz CT molecular complexity index is 627. The van der Waals surface area contributed by atoms with Crippen molar-refractivity contribution in [3.05, 3.63) is 34.4 Å². The Morgan fingerprint density at radius 3 is 2.55 bits per heavy atom. The number of benzene rings is 1. The second kappa shape index (κ2) is 5.12. The van der Waals surface area contributed by atoms with Crippen molar-refractivity contribution in [3.8, 4) is 0 Å². The zero-order valence-electron chi connectivity index (χ0n) is 11.1. The van der Waals surface area contributed by atoms with Gasteiger partial charge in [0.1, 0.15) is 0 Å². The maximum Gasteiger partial charge on any atom is 0.289 e. The van der Waals surface area contributed by atoms with Crippen molar-refractivity contribution in [3.63, 3.8) is 0 Å². The molecule has 3 N–H and O–H groups in total. The van der Waals surface area contributed by atoms with Crippen LogP contribution in [0.25, 0.3) is 0 Å². The summed E-state index contributed by atoms with van der Waals surface area (Å²) >= 11 is 0. The van der Waals surface area contributed by atoms with Crippen LogP contribution in [-0.4, -0.2) is 25.4 Å². The minimum atomic E-state index is -3.98. The van der Waals surface area contributed by atoms with Crippen molar-refractivity contribution < 1.29 is 13.3 Å². The molecule has 0 amide bonds. The summed E-state index contributed by atoms with van der Waals surface area (Å²) in [6, 6.07) is 5.29. The van der Waals surface area contributed by atoms with Crippen molar-refractivity contribution in [2.24, 2.45) is 11.7 Å². The molecule has 1 aromatic rings. The van der Waals surface area contributed by atoms with Crippen molar-refractivity contribution in [2.75, 3.05) is 6.54 Å². The summed E-state index contributed by atoms with van der Waals surface area (Å²) in [4.78, 5) is 9.91. The van der Waals surface area contributed by atoms with Gasteiger partial charge in [-0.05, 0) is 31.7 Å². The van der Waals surface area contributed by atoms with Gasteiger partial charge in [0.2, 0.25) is 10.0 Å². The lowest BCUT2D eigenvalue weighted by Crippen LogP contribution is -2.53. The smallest absolute Gasteiger partial charge is 0.289 e. The Labute approximate surface area is 117 Å². The molecule has 1 aliphatic carbocycles. The van der Waals surface area contributed by atoms with Crippen LogP contribution in [-0.2, 0) is 10.0 Å². The van der Waals surface area contributed by atoms with E-state index >= 15 is 0 Å². The van der Waals surface area contributed by atoms with E-state index in [2.05, 4.69) is 4.72 Å². The van der Waals surface area contributed by atoms with Gasteiger partial charge in [0.05, 0.1) is 4.92 Å². The molecule has 1 fully saturated rings. The Morgan fingerprint density at radius 2 is 2.05 bits per heavy atom. The zero-order chi connectivity index (χ0) is 15.0. The second-order valence-corrected chi connectivity index (χ2v) is 6.88. The molecule has 0 aliphatic heterocycles. The van der Waals surface area contributed by atoms with Crippen LogP contribution in [0.5, 0.6) is 0 Å². The van der Waals surface area contributed by atoms with Crippen LogP contribution in [0.3, 0.4) is 0 Å². The fourth-order valence-electron chi connectivity index (χ4n) is 2.21. The van der Waals surface area contributed by atoms with Gasteiger partial charge in [0, 0.05) is 18.2 Å². The van der Waals surface area contributed by atoms with E-state index in [-0.39, 0.29) is 17.4 Å². The maximum absolute atomic E-state index is 12.4. The third-order valence-electron chi connectivity index (χ3n) is 3.62. The average molecular weight is 299 g/mol. The van der Waals surface area contributed by atoms with Gasteiger partial charge in [-0.15, -0.1) is 0 Å². The Kier molecular flexibility index (Phi) is 3.81.